The summed E-state index contributed by atoms with van der Waals surface area (Å²) in [5, 5.41) is 0.743. The highest BCUT2D eigenvalue weighted by Gasteiger charge is 2.21. The van der Waals surface area contributed by atoms with Crippen molar-refractivity contribution in [3.05, 3.63) is 51.5 Å². The number of rotatable bonds is 12. The topological polar surface area (TPSA) is 134 Å². The summed E-state index contributed by atoms with van der Waals surface area (Å²) in [6.45, 7) is 7.08. The third-order valence-electron chi connectivity index (χ3n) is 4.59. The van der Waals surface area contributed by atoms with Gasteiger partial charge < -0.3 is 24.1 Å². The van der Waals surface area contributed by atoms with Crippen LogP contribution < -0.4 is 11.3 Å². The molecule has 0 amide bonds. The Bertz CT molecular complexity index is 1200. The Morgan fingerprint density at radius 2 is 2.09 bits per heavy atom. The Morgan fingerprint density at radius 1 is 1.29 bits per heavy atom. The first-order chi connectivity index (χ1) is 16.6. The zero-order valence-electron chi connectivity index (χ0n) is 19.8. The molecule has 2 aromatic heterocycles. The number of hydrogen-bond acceptors (Lipinski definition) is 9. The Kier molecular flexibility index (Phi) is 10.1. The minimum atomic E-state index is -1.37. The van der Waals surface area contributed by atoms with Crippen LogP contribution in [0.2, 0.25) is 5.02 Å². The van der Waals surface area contributed by atoms with E-state index >= 15 is 0 Å². The molecule has 0 fully saturated rings. The summed E-state index contributed by atoms with van der Waals surface area (Å²) in [6.07, 6.45) is 1.75. The van der Waals surface area contributed by atoms with Gasteiger partial charge in [-0.25, -0.2) is 4.98 Å². The van der Waals surface area contributed by atoms with Crippen LogP contribution in [0, 0.1) is 5.41 Å². The van der Waals surface area contributed by atoms with Gasteiger partial charge in [0.1, 0.15) is 6.35 Å². The molecule has 0 aliphatic rings. The highest BCUT2D eigenvalue weighted by molar-refractivity contribution is 8.13. The van der Waals surface area contributed by atoms with Crippen molar-refractivity contribution >= 4 is 54.0 Å². The standard InChI is InChI=1S/C22H29ClN5O5PS/c1-22(2,3)20(30)35-10-9-32-34(33-12-15-5-4-6-16(23)11-15)14-31-8-7-28-13-25-17-18(28)26-21(24)27-19(17)29/h4-6,11,13H,7-10,12,14H2,1-3H3,(H3,24,26,27,29). The SMILES string of the molecule is CC(C)(C)C(=O)SCCOP(COCCn1cnc2c(=O)[nH]c(N)nc21)OCc1cccc(Cl)c1. The Hall–Kier alpha value is -2.01. The van der Waals surface area contributed by atoms with Crippen LogP contribution in [0.1, 0.15) is 26.3 Å². The second-order valence-corrected chi connectivity index (χ2v) is 11.5. The summed E-state index contributed by atoms with van der Waals surface area (Å²) >= 11 is 7.31. The normalized spacial score (nSPS) is 12.8. The van der Waals surface area contributed by atoms with Crippen molar-refractivity contribution in [1.82, 2.24) is 19.5 Å². The number of halogens is 1. The molecule has 0 bridgehead atoms. The number of carbonyl (C=O) groups is 1. The van der Waals surface area contributed by atoms with E-state index in [1.807, 2.05) is 39.0 Å². The first-order valence-electron chi connectivity index (χ1n) is 10.9. The lowest BCUT2D eigenvalue weighted by molar-refractivity contribution is -0.117. The molecule has 1 aromatic carbocycles. The van der Waals surface area contributed by atoms with Gasteiger partial charge in [-0.3, -0.25) is 14.6 Å². The van der Waals surface area contributed by atoms with Crippen LogP contribution in [0.4, 0.5) is 5.95 Å². The van der Waals surface area contributed by atoms with Crippen LogP contribution in [0.15, 0.2) is 35.4 Å². The zero-order chi connectivity index (χ0) is 25.4. The number of anilines is 1. The van der Waals surface area contributed by atoms with Gasteiger partial charge in [-0.2, -0.15) is 4.98 Å². The maximum atomic E-state index is 12.1. The molecule has 0 saturated carbocycles. The summed E-state index contributed by atoms with van der Waals surface area (Å²) < 4.78 is 19.4. The molecule has 3 aromatic rings. The number of H-pyrrole nitrogens is 1. The fraction of sp³-hybridized carbons (Fsp3) is 0.455. The molecule has 0 aliphatic heterocycles. The van der Waals surface area contributed by atoms with Gasteiger partial charge in [0, 0.05) is 22.7 Å². The molecule has 13 heteroatoms. The van der Waals surface area contributed by atoms with Crippen LogP contribution in [0.25, 0.3) is 11.2 Å². The van der Waals surface area contributed by atoms with E-state index < -0.39 is 13.8 Å². The molecule has 1 unspecified atom stereocenters. The lowest BCUT2D eigenvalue weighted by Crippen LogP contribution is -2.17. The number of hydrogen-bond donors (Lipinski definition) is 2. The van der Waals surface area contributed by atoms with Crippen molar-refractivity contribution in [2.24, 2.45) is 5.41 Å². The van der Waals surface area contributed by atoms with E-state index in [1.165, 1.54) is 18.1 Å². The molecular formula is C22H29ClN5O5PS. The van der Waals surface area contributed by atoms with Crippen LogP contribution in [-0.2, 0) is 31.7 Å². The molecular weight excluding hydrogens is 513 g/mol. The van der Waals surface area contributed by atoms with Crippen molar-refractivity contribution in [3.63, 3.8) is 0 Å². The number of thioether (sulfide) groups is 1. The number of aromatic amines is 1. The largest absolute Gasteiger partial charge is 0.370 e. The van der Waals surface area contributed by atoms with Crippen LogP contribution >= 0.6 is 31.7 Å². The second-order valence-electron chi connectivity index (χ2n) is 8.55. The Balaban J connectivity index is 1.52. The van der Waals surface area contributed by atoms with Crippen LogP contribution in [0.5, 0.6) is 0 Å². The summed E-state index contributed by atoms with van der Waals surface area (Å²) in [5.74, 6) is 0.553. The number of nitrogens with zero attached hydrogens (tertiary/aromatic N) is 3. The number of nitrogens with two attached hydrogens (primary N) is 1. The molecule has 35 heavy (non-hydrogen) atoms. The fourth-order valence-electron chi connectivity index (χ4n) is 2.81. The maximum absolute atomic E-state index is 12.1. The van der Waals surface area contributed by atoms with Gasteiger partial charge >= 0.3 is 0 Å². The van der Waals surface area contributed by atoms with Gasteiger partial charge in [0.2, 0.25) is 5.95 Å². The smallest absolute Gasteiger partial charge is 0.280 e. The summed E-state index contributed by atoms with van der Waals surface area (Å²) in [7, 11) is -1.37. The lowest BCUT2D eigenvalue weighted by Gasteiger charge is -2.19. The van der Waals surface area contributed by atoms with E-state index in [4.69, 9.17) is 31.1 Å². The minimum absolute atomic E-state index is 0.0271. The molecule has 190 valence electrons. The van der Waals surface area contributed by atoms with Gasteiger partial charge in [0.15, 0.2) is 24.7 Å². The number of imidazole rings is 1. The average Bonchev–Trinajstić information content (AvgIpc) is 3.19. The molecule has 2 heterocycles. The van der Waals surface area contributed by atoms with Gasteiger partial charge in [0.25, 0.3) is 5.56 Å². The number of fused-ring (bicyclic) bond motifs is 1. The third kappa shape index (κ3) is 8.56. The minimum Gasteiger partial charge on any atom is -0.370 e. The summed E-state index contributed by atoms with van der Waals surface area (Å²) in [4.78, 5) is 34.7. The first-order valence-corrected chi connectivity index (χ1v) is 13.6. The number of aromatic nitrogens is 4. The molecule has 0 spiro atoms. The molecule has 0 aliphatic carbocycles. The van der Waals surface area contributed by atoms with Crippen molar-refractivity contribution in [2.45, 2.75) is 33.9 Å². The molecule has 3 rings (SSSR count). The maximum Gasteiger partial charge on any atom is 0.280 e. The van der Waals surface area contributed by atoms with E-state index in [0.29, 0.717) is 42.8 Å². The zero-order valence-corrected chi connectivity index (χ0v) is 22.3. The van der Waals surface area contributed by atoms with E-state index in [2.05, 4.69) is 15.0 Å². The van der Waals surface area contributed by atoms with E-state index in [0.717, 1.165) is 5.56 Å². The highest BCUT2D eigenvalue weighted by Crippen LogP contribution is 2.39. The lowest BCUT2D eigenvalue weighted by atomic mass is 10.00. The average molecular weight is 542 g/mol. The number of carbonyl (C=O) groups excluding carboxylic acids is 1. The molecule has 1 atom stereocenters. The van der Waals surface area contributed by atoms with E-state index in [9.17, 15) is 9.59 Å². The third-order valence-corrected chi connectivity index (χ3v) is 7.36. The molecule has 0 saturated heterocycles. The van der Waals surface area contributed by atoms with Crippen molar-refractivity contribution < 1.29 is 18.6 Å². The molecule has 0 radical (unpaired) electrons. The highest BCUT2D eigenvalue weighted by atomic mass is 35.5. The van der Waals surface area contributed by atoms with Crippen molar-refractivity contribution in [3.8, 4) is 0 Å². The Morgan fingerprint density at radius 3 is 2.83 bits per heavy atom. The second kappa shape index (κ2) is 12.8. The summed E-state index contributed by atoms with van der Waals surface area (Å²) in [5.41, 5.74) is 6.39. The van der Waals surface area contributed by atoms with E-state index in [1.54, 1.807) is 10.6 Å². The molecule has 3 N–H and O–H groups in total. The van der Waals surface area contributed by atoms with Gasteiger partial charge in [0.05, 0.1) is 26.1 Å². The van der Waals surface area contributed by atoms with Crippen molar-refractivity contribution in [2.75, 3.05) is 31.0 Å². The van der Waals surface area contributed by atoms with Crippen molar-refractivity contribution in [1.29, 1.82) is 0 Å². The summed E-state index contributed by atoms with van der Waals surface area (Å²) in [6, 6.07) is 7.41. The predicted octanol–water partition coefficient (Wildman–Crippen LogP) is 4.18. The molecule has 10 nitrogen and oxygen atoms in total. The number of ether oxygens (including phenoxy) is 1. The predicted molar refractivity (Wildman–Crippen MR) is 139 cm³/mol. The van der Waals surface area contributed by atoms with Gasteiger partial charge in [-0.15, -0.1) is 0 Å². The fourth-order valence-corrected chi connectivity index (χ4v) is 5.02. The van der Waals surface area contributed by atoms with E-state index in [-0.39, 0.29) is 28.5 Å². The number of benzene rings is 1. The monoisotopic (exact) mass is 541 g/mol. The number of nitrogens with one attached hydrogen (secondary N) is 1. The Labute approximate surface area is 213 Å². The number of nitrogen functional groups attached to an aromatic ring is 1. The quantitative estimate of drug-likeness (QED) is 0.256. The van der Waals surface area contributed by atoms with Crippen LogP contribution in [0.3, 0.4) is 0 Å². The van der Waals surface area contributed by atoms with Crippen LogP contribution in [-0.4, -0.2) is 49.9 Å². The van der Waals surface area contributed by atoms with Gasteiger partial charge in [-0.1, -0.05) is 56.3 Å². The van der Waals surface area contributed by atoms with Gasteiger partial charge in [-0.05, 0) is 17.7 Å². The first kappa shape index (κ1) is 27.6.